The highest BCUT2D eigenvalue weighted by Gasteiger charge is 2.33. The Morgan fingerprint density at radius 3 is 2.81 bits per heavy atom. The number of alkyl halides is 3. The second-order valence-corrected chi connectivity index (χ2v) is 5.85. The van der Waals surface area contributed by atoms with Crippen LogP contribution in [0, 0.1) is 0 Å². The Labute approximate surface area is 128 Å². The second kappa shape index (κ2) is 5.46. The fraction of sp³-hybridized carbons (Fsp3) is 0.357. The van der Waals surface area contributed by atoms with Gasteiger partial charge < -0.3 is 9.88 Å². The van der Waals surface area contributed by atoms with Crippen molar-refractivity contribution in [2.24, 2.45) is 0 Å². The number of nitrogens with zero attached hydrogens (tertiary/aromatic N) is 2. The minimum absolute atomic E-state index is 0.0411. The topological polar surface area (TPSA) is 29.9 Å². The van der Waals surface area contributed by atoms with Crippen LogP contribution in [0.2, 0.25) is 0 Å². The molecule has 1 fully saturated rings. The fourth-order valence-corrected chi connectivity index (χ4v) is 3.07. The van der Waals surface area contributed by atoms with E-state index in [9.17, 15) is 13.2 Å². The highest BCUT2D eigenvalue weighted by Crippen LogP contribution is 2.36. The van der Waals surface area contributed by atoms with Gasteiger partial charge in [0.05, 0.1) is 23.8 Å². The summed E-state index contributed by atoms with van der Waals surface area (Å²) < 4.78 is 40.8. The van der Waals surface area contributed by atoms with E-state index < -0.39 is 11.7 Å². The van der Waals surface area contributed by atoms with Gasteiger partial charge in [0.1, 0.15) is 0 Å². The molecule has 1 unspecified atom stereocenters. The average Bonchev–Trinajstić information content (AvgIpc) is 3.08. The number of imidazole rings is 1. The van der Waals surface area contributed by atoms with Gasteiger partial charge >= 0.3 is 6.18 Å². The van der Waals surface area contributed by atoms with Crippen molar-refractivity contribution in [2.75, 3.05) is 6.54 Å². The summed E-state index contributed by atoms with van der Waals surface area (Å²) in [5, 5.41) is 3.33. The second-order valence-electron chi connectivity index (χ2n) is 5.00. The maximum atomic E-state index is 13.0. The standard InChI is InChI=1S/C14H13BrF3N3/c15-11-4-3-9(6-10(11)14(16,17)18)21-8-19-7-13(21)12-2-1-5-20-12/h3-4,6-8,12,20H,1-2,5H2. The summed E-state index contributed by atoms with van der Waals surface area (Å²) in [5.41, 5.74) is 0.675. The number of benzene rings is 1. The molecule has 7 heteroatoms. The lowest BCUT2D eigenvalue weighted by Gasteiger charge is -2.16. The first-order chi connectivity index (χ1) is 9.97. The number of hydrogen-bond donors (Lipinski definition) is 1. The fourth-order valence-electron chi connectivity index (χ4n) is 2.60. The van der Waals surface area contributed by atoms with Crippen molar-refractivity contribution in [3.05, 3.63) is 46.5 Å². The van der Waals surface area contributed by atoms with Gasteiger partial charge in [0.15, 0.2) is 0 Å². The smallest absolute Gasteiger partial charge is 0.309 e. The first-order valence-corrected chi connectivity index (χ1v) is 7.39. The lowest BCUT2D eigenvalue weighted by Crippen LogP contribution is -2.16. The molecule has 21 heavy (non-hydrogen) atoms. The Morgan fingerprint density at radius 1 is 1.33 bits per heavy atom. The van der Waals surface area contributed by atoms with Crippen molar-refractivity contribution in [3.63, 3.8) is 0 Å². The molecule has 2 aromatic rings. The van der Waals surface area contributed by atoms with Gasteiger partial charge in [0.25, 0.3) is 0 Å². The van der Waals surface area contributed by atoms with Crippen LogP contribution < -0.4 is 5.32 Å². The van der Waals surface area contributed by atoms with E-state index in [1.54, 1.807) is 23.2 Å². The van der Waals surface area contributed by atoms with Crippen molar-refractivity contribution in [1.29, 1.82) is 0 Å². The van der Waals surface area contributed by atoms with Crippen LogP contribution in [0.4, 0.5) is 13.2 Å². The first-order valence-electron chi connectivity index (χ1n) is 6.59. The summed E-state index contributed by atoms with van der Waals surface area (Å²) >= 11 is 2.96. The van der Waals surface area contributed by atoms with Crippen LogP contribution in [-0.4, -0.2) is 16.1 Å². The zero-order valence-corrected chi connectivity index (χ0v) is 12.6. The van der Waals surface area contributed by atoms with Gasteiger partial charge in [0, 0.05) is 16.2 Å². The Bertz CT molecular complexity index is 645. The van der Waals surface area contributed by atoms with Gasteiger partial charge in [0.2, 0.25) is 0 Å². The van der Waals surface area contributed by atoms with E-state index in [0.29, 0.717) is 5.69 Å². The number of nitrogens with one attached hydrogen (secondary N) is 1. The maximum absolute atomic E-state index is 13.0. The molecule has 0 amide bonds. The average molecular weight is 360 g/mol. The Hall–Kier alpha value is -1.34. The van der Waals surface area contributed by atoms with Crippen LogP contribution in [0.1, 0.15) is 30.1 Å². The van der Waals surface area contributed by atoms with Gasteiger partial charge in [-0.15, -0.1) is 0 Å². The molecule has 0 spiro atoms. The van der Waals surface area contributed by atoms with Crippen LogP contribution >= 0.6 is 15.9 Å². The zero-order valence-electron chi connectivity index (χ0n) is 11.0. The molecular formula is C14H13BrF3N3. The molecule has 1 N–H and O–H groups in total. The third kappa shape index (κ3) is 2.85. The van der Waals surface area contributed by atoms with Gasteiger partial charge in [-0.3, -0.25) is 0 Å². The molecule has 0 aliphatic carbocycles. The van der Waals surface area contributed by atoms with E-state index >= 15 is 0 Å². The van der Waals surface area contributed by atoms with Crippen molar-refractivity contribution in [1.82, 2.24) is 14.9 Å². The highest BCUT2D eigenvalue weighted by atomic mass is 79.9. The highest BCUT2D eigenvalue weighted by molar-refractivity contribution is 9.10. The monoisotopic (exact) mass is 359 g/mol. The van der Waals surface area contributed by atoms with Crippen LogP contribution in [0.5, 0.6) is 0 Å². The third-order valence-electron chi connectivity index (χ3n) is 3.62. The van der Waals surface area contributed by atoms with E-state index in [-0.39, 0.29) is 10.5 Å². The summed E-state index contributed by atoms with van der Waals surface area (Å²) in [6.45, 7) is 0.921. The van der Waals surface area contributed by atoms with E-state index in [1.165, 1.54) is 6.07 Å². The minimum Gasteiger partial charge on any atom is -0.309 e. The molecule has 3 nitrogen and oxygen atoms in total. The summed E-state index contributed by atoms with van der Waals surface area (Å²) in [6.07, 6.45) is 0.899. The molecule has 1 aromatic carbocycles. The lowest BCUT2D eigenvalue weighted by molar-refractivity contribution is -0.138. The zero-order chi connectivity index (χ0) is 15.0. The molecule has 1 atom stereocenters. The molecule has 0 radical (unpaired) electrons. The summed E-state index contributed by atoms with van der Waals surface area (Å²) in [7, 11) is 0. The van der Waals surface area contributed by atoms with Crippen LogP contribution in [0.25, 0.3) is 5.69 Å². The molecule has 0 saturated carbocycles. The number of halogens is 4. The van der Waals surface area contributed by atoms with Gasteiger partial charge in [-0.25, -0.2) is 4.98 Å². The van der Waals surface area contributed by atoms with E-state index in [1.807, 2.05) is 0 Å². The van der Waals surface area contributed by atoms with Crippen molar-refractivity contribution in [2.45, 2.75) is 25.1 Å². The summed E-state index contributed by atoms with van der Waals surface area (Å²) in [4.78, 5) is 4.09. The molecule has 3 rings (SSSR count). The van der Waals surface area contributed by atoms with E-state index in [2.05, 4.69) is 26.2 Å². The van der Waals surface area contributed by atoms with Gasteiger partial charge in [-0.1, -0.05) is 15.9 Å². The quantitative estimate of drug-likeness (QED) is 0.875. The SMILES string of the molecule is FC(F)(F)c1cc(-n2cncc2C2CCCN2)ccc1Br. The summed E-state index contributed by atoms with van der Waals surface area (Å²) in [6, 6.07) is 4.36. The van der Waals surface area contributed by atoms with Crippen LogP contribution in [0.3, 0.4) is 0 Å². The molecule has 0 bridgehead atoms. The molecule has 1 aliphatic rings. The summed E-state index contributed by atoms with van der Waals surface area (Å²) in [5.74, 6) is 0. The molecule has 112 valence electrons. The number of hydrogen-bond acceptors (Lipinski definition) is 2. The van der Waals surface area contributed by atoms with Crippen molar-refractivity contribution >= 4 is 15.9 Å². The molecular weight excluding hydrogens is 347 g/mol. The molecule has 2 heterocycles. The minimum atomic E-state index is -4.39. The van der Waals surface area contributed by atoms with Crippen molar-refractivity contribution in [3.8, 4) is 5.69 Å². The number of aromatic nitrogens is 2. The Balaban J connectivity index is 2.03. The normalized spacial score (nSPS) is 19.1. The predicted molar refractivity (Wildman–Crippen MR) is 76.2 cm³/mol. The molecule has 1 aromatic heterocycles. The van der Waals surface area contributed by atoms with Crippen LogP contribution in [-0.2, 0) is 6.18 Å². The van der Waals surface area contributed by atoms with E-state index in [0.717, 1.165) is 31.1 Å². The maximum Gasteiger partial charge on any atom is 0.417 e. The molecule has 1 saturated heterocycles. The number of rotatable bonds is 2. The van der Waals surface area contributed by atoms with Gasteiger partial charge in [-0.05, 0) is 37.6 Å². The Morgan fingerprint density at radius 2 is 2.14 bits per heavy atom. The first kappa shape index (κ1) is 14.6. The Kier molecular flexibility index (Phi) is 3.79. The lowest BCUT2D eigenvalue weighted by atomic mass is 10.1. The van der Waals surface area contributed by atoms with Gasteiger partial charge in [-0.2, -0.15) is 13.2 Å². The largest absolute Gasteiger partial charge is 0.417 e. The third-order valence-corrected chi connectivity index (χ3v) is 4.31. The van der Waals surface area contributed by atoms with Crippen LogP contribution in [0.15, 0.2) is 35.2 Å². The predicted octanol–water partition coefficient (Wildman–Crippen LogP) is 4.08. The van der Waals surface area contributed by atoms with Crippen molar-refractivity contribution < 1.29 is 13.2 Å². The van der Waals surface area contributed by atoms with E-state index in [4.69, 9.17) is 0 Å². The molecule has 1 aliphatic heterocycles.